The fraction of sp³-hybridized carbons (Fsp3) is 0.389. The molecule has 7 heteroatoms. The van der Waals surface area contributed by atoms with Crippen molar-refractivity contribution in [2.75, 3.05) is 6.61 Å². The fourth-order valence-corrected chi connectivity index (χ4v) is 2.07. The number of carboxylic acid groups (broad SMARTS) is 1. The van der Waals surface area contributed by atoms with Crippen LogP contribution < -0.4 is 15.4 Å². The van der Waals surface area contributed by atoms with Crippen molar-refractivity contribution in [2.24, 2.45) is 0 Å². The maximum atomic E-state index is 12.3. The molecule has 0 aromatic heterocycles. The first-order valence-corrected chi connectivity index (χ1v) is 7.93. The summed E-state index contributed by atoms with van der Waals surface area (Å²) in [5.74, 6) is -1.01. The van der Waals surface area contributed by atoms with Crippen LogP contribution in [0.1, 0.15) is 37.9 Å². The van der Waals surface area contributed by atoms with Gasteiger partial charge in [0.25, 0.3) is 5.91 Å². The predicted molar refractivity (Wildman–Crippen MR) is 92.8 cm³/mol. The van der Waals surface area contributed by atoms with Crippen molar-refractivity contribution in [3.05, 3.63) is 41.1 Å². The highest BCUT2D eigenvalue weighted by Crippen LogP contribution is 2.26. The normalized spacial score (nSPS) is 13.3. The minimum atomic E-state index is -1.08. The average Bonchev–Trinajstić information content (AvgIpc) is 2.56. The summed E-state index contributed by atoms with van der Waals surface area (Å²) in [6.07, 6.45) is 1.11. The standard InChI is InChI=1S/C18H23N3O4/c1-5-25-16-7-6-11(2)8-15(16)12(3)21-17(22)14(9-19)10-20-13(4)18(23)24/h6-8,10,12-13,20H,5H2,1-4H3,(H,21,22)(H,23,24)/b14-10-. The predicted octanol–water partition coefficient (Wildman–Crippen LogP) is 2.04. The Morgan fingerprint density at radius 1 is 1.40 bits per heavy atom. The van der Waals surface area contributed by atoms with Crippen molar-refractivity contribution in [3.63, 3.8) is 0 Å². The number of aliphatic carboxylic acids is 1. The lowest BCUT2D eigenvalue weighted by Crippen LogP contribution is -2.32. The third-order valence-corrected chi connectivity index (χ3v) is 3.49. The van der Waals surface area contributed by atoms with Gasteiger partial charge in [0.1, 0.15) is 23.4 Å². The number of hydrogen-bond acceptors (Lipinski definition) is 5. The second-order valence-electron chi connectivity index (χ2n) is 5.57. The Hall–Kier alpha value is -3.01. The first-order valence-electron chi connectivity index (χ1n) is 7.93. The van der Waals surface area contributed by atoms with Crippen molar-refractivity contribution in [1.29, 1.82) is 5.26 Å². The van der Waals surface area contributed by atoms with E-state index < -0.39 is 17.9 Å². The Labute approximate surface area is 147 Å². The molecule has 2 atom stereocenters. The van der Waals surface area contributed by atoms with Crippen molar-refractivity contribution >= 4 is 11.9 Å². The smallest absolute Gasteiger partial charge is 0.325 e. The van der Waals surface area contributed by atoms with Gasteiger partial charge in [0.15, 0.2) is 0 Å². The molecule has 0 fully saturated rings. The third kappa shape index (κ3) is 5.84. The Morgan fingerprint density at radius 2 is 2.08 bits per heavy atom. The second-order valence-corrected chi connectivity index (χ2v) is 5.57. The summed E-state index contributed by atoms with van der Waals surface area (Å²) in [6, 6.07) is 6.14. The van der Waals surface area contributed by atoms with Crippen LogP contribution in [0.4, 0.5) is 0 Å². The van der Waals surface area contributed by atoms with Crippen molar-refractivity contribution in [1.82, 2.24) is 10.6 Å². The molecule has 7 nitrogen and oxygen atoms in total. The van der Waals surface area contributed by atoms with Gasteiger partial charge >= 0.3 is 5.97 Å². The summed E-state index contributed by atoms with van der Waals surface area (Å²) in [4.78, 5) is 23.0. The molecule has 0 spiro atoms. The SMILES string of the molecule is CCOc1ccc(C)cc1C(C)NC(=O)/C(C#N)=C\NC(C)C(=O)O. The summed E-state index contributed by atoms with van der Waals surface area (Å²) in [5, 5.41) is 23.2. The number of carbonyl (C=O) groups excluding carboxylic acids is 1. The van der Waals surface area contributed by atoms with Gasteiger partial charge in [-0.05, 0) is 33.8 Å². The molecule has 2 unspecified atom stereocenters. The molecule has 1 rings (SSSR count). The third-order valence-electron chi connectivity index (χ3n) is 3.49. The molecule has 1 aromatic rings. The summed E-state index contributed by atoms with van der Waals surface area (Å²) >= 11 is 0. The second kappa shape index (κ2) is 9.33. The molecule has 3 N–H and O–H groups in total. The van der Waals surface area contributed by atoms with Gasteiger partial charge in [0.05, 0.1) is 12.6 Å². The summed E-state index contributed by atoms with van der Waals surface area (Å²) < 4.78 is 5.58. The lowest BCUT2D eigenvalue weighted by molar-refractivity contribution is -0.138. The maximum absolute atomic E-state index is 12.3. The molecule has 0 radical (unpaired) electrons. The van der Waals surface area contributed by atoms with E-state index in [2.05, 4.69) is 10.6 Å². The molecule has 0 saturated heterocycles. The lowest BCUT2D eigenvalue weighted by atomic mass is 10.0. The molecular formula is C18H23N3O4. The van der Waals surface area contributed by atoms with Crippen molar-refractivity contribution in [3.8, 4) is 11.8 Å². The summed E-state index contributed by atoms with van der Waals surface area (Å²) in [6.45, 7) is 7.51. The van der Waals surface area contributed by atoms with Gasteiger partial charge in [-0.1, -0.05) is 17.7 Å². The van der Waals surface area contributed by atoms with E-state index in [-0.39, 0.29) is 11.6 Å². The largest absolute Gasteiger partial charge is 0.494 e. The van der Waals surface area contributed by atoms with Crippen LogP contribution >= 0.6 is 0 Å². The lowest BCUT2D eigenvalue weighted by Gasteiger charge is -2.18. The van der Waals surface area contributed by atoms with Crippen molar-refractivity contribution in [2.45, 2.75) is 39.8 Å². The zero-order valence-corrected chi connectivity index (χ0v) is 14.8. The summed E-state index contributed by atoms with van der Waals surface area (Å²) in [7, 11) is 0. The molecule has 25 heavy (non-hydrogen) atoms. The number of hydrogen-bond donors (Lipinski definition) is 3. The van der Waals surface area contributed by atoms with E-state index in [0.717, 1.165) is 17.3 Å². The molecular weight excluding hydrogens is 322 g/mol. The molecule has 134 valence electrons. The highest BCUT2D eigenvalue weighted by atomic mass is 16.5. The van der Waals surface area contributed by atoms with Gasteiger partial charge in [-0.25, -0.2) is 0 Å². The number of aryl methyl sites for hydroxylation is 1. The van der Waals surface area contributed by atoms with E-state index in [1.54, 1.807) is 13.0 Å². The zero-order valence-electron chi connectivity index (χ0n) is 14.8. The van der Waals surface area contributed by atoms with Gasteiger partial charge in [-0.15, -0.1) is 0 Å². The van der Waals surface area contributed by atoms with Crippen molar-refractivity contribution < 1.29 is 19.4 Å². The van der Waals surface area contributed by atoms with Gasteiger partial charge < -0.3 is 20.5 Å². The van der Waals surface area contributed by atoms with E-state index >= 15 is 0 Å². The molecule has 0 aliphatic heterocycles. The number of nitrogens with zero attached hydrogens (tertiary/aromatic N) is 1. The monoisotopic (exact) mass is 345 g/mol. The van der Waals surface area contributed by atoms with Crippen LogP contribution in [0.5, 0.6) is 5.75 Å². The quantitative estimate of drug-likeness (QED) is 0.491. The number of nitriles is 1. The maximum Gasteiger partial charge on any atom is 0.325 e. The first kappa shape index (κ1) is 20.0. The first-order chi connectivity index (χ1) is 11.8. The van der Waals surface area contributed by atoms with Gasteiger partial charge in [0, 0.05) is 11.8 Å². The topological polar surface area (TPSA) is 111 Å². The summed E-state index contributed by atoms with van der Waals surface area (Å²) in [5.41, 5.74) is 1.62. The number of rotatable bonds is 8. The zero-order chi connectivity index (χ0) is 19.0. The van der Waals surface area contributed by atoms with E-state index in [0.29, 0.717) is 12.4 Å². The van der Waals surface area contributed by atoms with Crippen LogP contribution in [-0.4, -0.2) is 29.6 Å². The Bertz CT molecular complexity index is 707. The minimum absolute atomic E-state index is 0.203. The molecule has 0 heterocycles. The molecule has 0 saturated carbocycles. The number of ether oxygens (including phenoxy) is 1. The van der Waals surface area contributed by atoms with Crippen LogP contribution in [0.3, 0.4) is 0 Å². The average molecular weight is 345 g/mol. The number of carboxylic acids is 1. The minimum Gasteiger partial charge on any atom is -0.494 e. The van der Waals surface area contributed by atoms with Crippen LogP contribution in [0.25, 0.3) is 0 Å². The Kier molecular flexibility index (Phi) is 7.47. The van der Waals surface area contributed by atoms with Crippen LogP contribution in [0, 0.1) is 18.3 Å². The van der Waals surface area contributed by atoms with Crippen LogP contribution in [-0.2, 0) is 9.59 Å². The molecule has 0 aliphatic rings. The van der Waals surface area contributed by atoms with Crippen LogP contribution in [0.2, 0.25) is 0 Å². The van der Waals surface area contributed by atoms with E-state index in [1.165, 1.54) is 6.92 Å². The van der Waals surface area contributed by atoms with Gasteiger partial charge in [0.2, 0.25) is 0 Å². The molecule has 0 aliphatic carbocycles. The Balaban J connectivity index is 2.91. The fourth-order valence-electron chi connectivity index (χ4n) is 2.07. The van der Waals surface area contributed by atoms with Gasteiger partial charge in [-0.2, -0.15) is 5.26 Å². The molecule has 1 aromatic carbocycles. The molecule has 1 amide bonds. The number of nitrogens with one attached hydrogen (secondary N) is 2. The number of carbonyl (C=O) groups is 2. The van der Waals surface area contributed by atoms with Gasteiger partial charge in [-0.3, -0.25) is 9.59 Å². The number of amides is 1. The highest BCUT2D eigenvalue weighted by Gasteiger charge is 2.18. The van der Waals surface area contributed by atoms with Crippen LogP contribution in [0.15, 0.2) is 30.0 Å². The Morgan fingerprint density at radius 3 is 2.64 bits per heavy atom. The highest BCUT2D eigenvalue weighted by molar-refractivity contribution is 5.97. The van der Waals surface area contributed by atoms with E-state index in [4.69, 9.17) is 15.1 Å². The van der Waals surface area contributed by atoms with E-state index in [9.17, 15) is 9.59 Å². The number of benzene rings is 1. The van der Waals surface area contributed by atoms with E-state index in [1.807, 2.05) is 32.0 Å². The molecule has 0 bridgehead atoms.